The van der Waals surface area contributed by atoms with Gasteiger partial charge in [0.25, 0.3) is 11.6 Å². The molecule has 0 atom stereocenters. The number of carbonyl (C=O) groups excluding carboxylic acids is 1. The first-order chi connectivity index (χ1) is 16.7. The number of ether oxygens (including phenoxy) is 2. The zero-order chi connectivity index (χ0) is 25.5. The van der Waals surface area contributed by atoms with Crippen molar-refractivity contribution in [2.75, 3.05) is 12.4 Å². The highest BCUT2D eigenvalue weighted by atomic mass is 79.9. The molecule has 0 aliphatic rings. The molecule has 8 nitrogen and oxygen atoms in total. The summed E-state index contributed by atoms with van der Waals surface area (Å²) in [6.07, 6.45) is 1.37. The Kier molecular flexibility index (Phi) is 8.23. The molecule has 0 heterocycles. The molecule has 0 radical (unpaired) electrons. The fraction of sp³-hybridized carbons (Fsp3) is 0.154. The van der Waals surface area contributed by atoms with Crippen molar-refractivity contribution in [1.82, 2.24) is 0 Å². The van der Waals surface area contributed by atoms with Gasteiger partial charge >= 0.3 is 0 Å². The third-order valence-corrected chi connectivity index (χ3v) is 5.62. The fourth-order valence-corrected chi connectivity index (χ4v) is 3.78. The third kappa shape index (κ3) is 6.46. The molecule has 3 rings (SSSR count). The summed E-state index contributed by atoms with van der Waals surface area (Å²) in [4.78, 5) is 23.4. The van der Waals surface area contributed by atoms with Crippen LogP contribution in [0.4, 0.5) is 11.4 Å². The molecule has 0 aromatic heterocycles. The van der Waals surface area contributed by atoms with E-state index in [1.807, 2.05) is 37.3 Å². The van der Waals surface area contributed by atoms with Crippen LogP contribution >= 0.6 is 15.9 Å². The quantitative estimate of drug-likeness (QED) is 0.161. The van der Waals surface area contributed by atoms with Crippen LogP contribution in [-0.2, 0) is 11.4 Å². The summed E-state index contributed by atoms with van der Waals surface area (Å²) in [6.45, 7) is 4.04. The minimum Gasteiger partial charge on any atom is -0.493 e. The van der Waals surface area contributed by atoms with Crippen LogP contribution in [0.25, 0.3) is 6.08 Å². The number of hydrogen-bond donors (Lipinski definition) is 1. The van der Waals surface area contributed by atoms with Gasteiger partial charge in [-0.3, -0.25) is 14.9 Å². The SMILES string of the molecule is COc1cc(/C=C(\C#N)C(=O)Nc2ccc(C)cc2[N+](=O)[O-])cc(Br)c1OCc1ccc(C)cc1. The summed E-state index contributed by atoms with van der Waals surface area (Å²) in [5.41, 5.74) is 2.83. The third-order valence-electron chi connectivity index (χ3n) is 5.03. The maximum atomic E-state index is 12.7. The molecular formula is C26H22BrN3O5. The van der Waals surface area contributed by atoms with Gasteiger partial charge in [0.15, 0.2) is 11.5 Å². The minimum absolute atomic E-state index is 0.00497. The van der Waals surface area contributed by atoms with Crippen molar-refractivity contribution in [2.24, 2.45) is 0 Å². The predicted molar refractivity (Wildman–Crippen MR) is 136 cm³/mol. The van der Waals surface area contributed by atoms with Gasteiger partial charge in [-0.25, -0.2) is 0 Å². The summed E-state index contributed by atoms with van der Waals surface area (Å²) >= 11 is 3.47. The number of aryl methyl sites for hydroxylation is 2. The number of nitro benzene ring substituents is 1. The van der Waals surface area contributed by atoms with Crippen LogP contribution in [-0.4, -0.2) is 17.9 Å². The number of nitro groups is 1. The van der Waals surface area contributed by atoms with Crippen LogP contribution in [0, 0.1) is 35.3 Å². The van der Waals surface area contributed by atoms with Gasteiger partial charge < -0.3 is 14.8 Å². The molecule has 35 heavy (non-hydrogen) atoms. The number of benzene rings is 3. The van der Waals surface area contributed by atoms with Gasteiger partial charge in [0.2, 0.25) is 0 Å². The molecule has 178 valence electrons. The number of nitrogens with one attached hydrogen (secondary N) is 1. The maximum Gasteiger partial charge on any atom is 0.293 e. The van der Waals surface area contributed by atoms with Crippen molar-refractivity contribution in [3.05, 3.63) is 97.0 Å². The summed E-state index contributed by atoms with van der Waals surface area (Å²) in [7, 11) is 1.49. The molecule has 0 saturated carbocycles. The highest BCUT2D eigenvalue weighted by Gasteiger charge is 2.19. The van der Waals surface area contributed by atoms with E-state index in [0.29, 0.717) is 33.7 Å². The van der Waals surface area contributed by atoms with E-state index in [4.69, 9.17) is 9.47 Å². The van der Waals surface area contributed by atoms with Crippen LogP contribution < -0.4 is 14.8 Å². The Labute approximate surface area is 211 Å². The Bertz CT molecular complexity index is 1340. The van der Waals surface area contributed by atoms with Crippen LogP contribution in [0.2, 0.25) is 0 Å². The lowest BCUT2D eigenvalue weighted by Gasteiger charge is -2.14. The van der Waals surface area contributed by atoms with Crippen molar-refractivity contribution in [1.29, 1.82) is 5.26 Å². The molecular weight excluding hydrogens is 514 g/mol. The zero-order valence-corrected chi connectivity index (χ0v) is 20.9. The second-order valence-electron chi connectivity index (χ2n) is 7.71. The van der Waals surface area contributed by atoms with E-state index < -0.39 is 10.8 Å². The lowest BCUT2D eigenvalue weighted by Crippen LogP contribution is -2.14. The molecule has 0 aliphatic heterocycles. The zero-order valence-electron chi connectivity index (χ0n) is 19.3. The van der Waals surface area contributed by atoms with Gasteiger partial charge in [0, 0.05) is 6.07 Å². The number of anilines is 1. The molecule has 0 spiro atoms. The van der Waals surface area contributed by atoms with Crippen molar-refractivity contribution >= 4 is 39.3 Å². The maximum absolute atomic E-state index is 12.7. The molecule has 0 aliphatic carbocycles. The van der Waals surface area contributed by atoms with E-state index in [9.17, 15) is 20.2 Å². The van der Waals surface area contributed by atoms with E-state index in [0.717, 1.165) is 11.1 Å². The van der Waals surface area contributed by atoms with Crippen molar-refractivity contribution in [2.45, 2.75) is 20.5 Å². The van der Waals surface area contributed by atoms with Crippen LogP contribution in [0.1, 0.15) is 22.3 Å². The fourth-order valence-electron chi connectivity index (χ4n) is 3.21. The van der Waals surface area contributed by atoms with Gasteiger partial charge in [0.1, 0.15) is 23.9 Å². The lowest BCUT2D eigenvalue weighted by molar-refractivity contribution is -0.384. The molecule has 0 fully saturated rings. The van der Waals surface area contributed by atoms with Crippen molar-refractivity contribution < 1.29 is 19.2 Å². The van der Waals surface area contributed by atoms with Crippen molar-refractivity contribution in [3.8, 4) is 17.6 Å². The van der Waals surface area contributed by atoms with E-state index in [-0.39, 0.29) is 16.9 Å². The van der Waals surface area contributed by atoms with Gasteiger partial charge in [-0.1, -0.05) is 35.9 Å². The van der Waals surface area contributed by atoms with Gasteiger partial charge in [-0.05, 0) is 70.7 Å². The highest BCUT2D eigenvalue weighted by Crippen LogP contribution is 2.38. The molecule has 3 aromatic carbocycles. The van der Waals surface area contributed by atoms with E-state index in [2.05, 4.69) is 21.2 Å². The molecule has 0 bridgehead atoms. The Morgan fingerprint density at radius 3 is 2.46 bits per heavy atom. The van der Waals surface area contributed by atoms with Crippen molar-refractivity contribution in [3.63, 3.8) is 0 Å². The first kappa shape index (κ1) is 25.5. The normalized spacial score (nSPS) is 10.9. The van der Waals surface area contributed by atoms with E-state index in [1.54, 1.807) is 25.1 Å². The van der Waals surface area contributed by atoms with Gasteiger partial charge in [0.05, 0.1) is 16.5 Å². The Morgan fingerprint density at radius 1 is 1.14 bits per heavy atom. The van der Waals surface area contributed by atoms with E-state index >= 15 is 0 Å². The van der Waals surface area contributed by atoms with Gasteiger partial charge in [-0.15, -0.1) is 0 Å². The summed E-state index contributed by atoms with van der Waals surface area (Å²) in [5, 5.41) is 23.3. The molecule has 9 heteroatoms. The minimum atomic E-state index is -0.769. The monoisotopic (exact) mass is 535 g/mol. The average molecular weight is 536 g/mol. The number of nitrogens with zero attached hydrogens (tertiary/aromatic N) is 2. The lowest BCUT2D eigenvalue weighted by atomic mass is 10.1. The summed E-state index contributed by atoms with van der Waals surface area (Å²) < 4.78 is 12.0. The number of nitriles is 1. The smallest absolute Gasteiger partial charge is 0.293 e. The van der Waals surface area contributed by atoms with Gasteiger partial charge in [-0.2, -0.15) is 5.26 Å². The first-order valence-electron chi connectivity index (χ1n) is 10.5. The molecule has 0 unspecified atom stereocenters. The number of amides is 1. The number of halogens is 1. The predicted octanol–water partition coefficient (Wildman–Crippen LogP) is 6.11. The largest absolute Gasteiger partial charge is 0.493 e. The standard InChI is InChI=1S/C26H22BrN3O5/c1-16-4-7-18(8-5-16)15-35-25-21(27)12-19(13-24(25)34-3)11-20(14-28)26(31)29-22-9-6-17(2)10-23(22)30(32)33/h4-13H,15H2,1-3H3,(H,29,31)/b20-11+. The van der Waals surface area contributed by atoms with Crippen LogP contribution in [0.15, 0.2) is 64.6 Å². The highest BCUT2D eigenvalue weighted by molar-refractivity contribution is 9.10. The summed E-state index contributed by atoms with van der Waals surface area (Å²) in [6, 6.07) is 17.5. The number of hydrogen-bond acceptors (Lipinski definition) is 6. The van der Waals surface area contributed by atoms with E-state index in [1.165, 1.54) is 25.3 Å². The van der Waals surface area contributed by atoms with Crippen LogP contribution in [0.3, 0.4) is 0 Å². The first-order valence-corrected chi connectivity index (χ1v) is 11.2. The number of methoxy groups -OCH3 is 1. The Morgan fingerprint density at radius 2 is 1.83 bits per heavy atom. The second-order valence-corrected chi connectivity index (χ2v) is 8.56. The number of rotatable bonds is 8. The Balaban J connectivity index is 1.84. The topological polar surface area (TPSA) is 114 Å². The summed E-state index contributed by atoms with van der Waals surface area (Å²) in [5.74, 6) is 0.113. The Hall–Kier alpha value is -4.16. The number of carbonyl (C=O) groups is 1. The molecule has 1 N–H and O–H groups in total. The molecule has 1 amide bonds. The average Bonchev–Trinajstić information content (AvgIpc) is 2.83. The van der Waals surface area contributed by atoms with Crippen LogP contribution in [0.5, 0.6) is 11.5 Å². The molecule has 0 saturated heterocycles. The second kappa shape index (κ2) is 11.3. The molecule has 3 aromatic rings.